The first-order chi connectivity index (χ1) is 7.63. The van der Waals surface area contributed by atoms with E-state index in [0.717, 1.165) is 0 Å². The topological polar surface area (TPSA) is 78.8 Å². The summed E-state index contributed by atoms with van der Waals surface area (Å²) in [5.74, 6) is -0.0930. The van der Waals surface area contributed by atoms with Crippen molar-refractivity contribution in [1.82, 2.24) is 5.32 Å². The van der Waals surface area contributed by atoms with Crippen LogP contribution in [0.4, 0.5) is 0 Å². The Hall–Kier alpha value is -1.75. The fourth-order valence-electron chi connectivity index (χ4n) is 1.08. The van der Waals surface area contributed by atoms with Gasteiger partial charge in [0.15, 0.2) is 18.1 Å². The van der Waals surface area contributed by atoms with Crippen LogP contribution < -0.4 is 10.1 Å². The van der Waals surface area contributed by atoms with E-state index in [1.54, 1.807) is 25.1 Å². The fourth-order valence-corrected chi connectivity index (χ4v) is 1.08. The number of para-hydroxylation sites is 2. The van der Waals surface area contributed by atoms with Crippen molar-refractivity contribution in [1.29, 1.82) is 0 Å². The molecule has 0 radical (unpaired) electrons. The molecule has 0 unspecified atom stereocenters. The zero-order valence-corrected chi connectivity index (χ0v) is 9.01. The lowest BCUT2D eigenvalue weighted by Gasteiger charge is -2.11. The maximum absolute atomic E-state index is 11.3. The monoisotopic (exact) mass is 225 g/mol. The first kappa shape index (κ1) is 12.3. The van der Waals surface area contributed by atoms with Crippen LogP contribution in [0.5, 0.6) is 11.5 Å². The van der Waals surface area contributed by atoms with E-state index in [1.165, 1.54) is 6.07 Å². The minimum Gasteiger partial charge on any atom is -0.504 e. The number of phenolic OH excluding ortho intramolecular Hbond substituents is 1. The number of hydrogen-bond donors (Lipinski definition) is 3. The van der Waals surface area contributed by atoms with Gasteiger partial charge in [0.25, 0.3) is 5.91 Å². The van der Waals surface area contributed by atoms with Crippen molar-refractivity contribution in [3.63, 3.8) is 0 Å². The van der Waals surface area contributed by atoms with E-state index in [-0.39, 0.29) is 36.7 Å². The predicted molar refractivity (Wildman–Crippen MR) is 58.3 cm³/mol. The first-order valence-corrected chi connectivity index (χ1v) is 4.94. The highest BCUT2D eigenvalue weighted by Gasteiger charge is 2.08. The molecule has 0 saturated heterocycles. The van der Waals surface area contributed by atoms with Crippen molar-refractivity contribution in [3.8, 4) is 11.5 Å². The quantitative estimate of drug-likeness (QED) is 0.672. The van der Waals surface area contributed by atoms with Gasteiger partial charge >= 0.3 is 0 Å². The lowest BCUT2D eigenvalue weighted by atomic mass is 10.3. The van der Waals surface area contributed by atoms with Crippen LogP contribution >= 0.6 is 0 Å². The lowest BCUT2D eigenvalue weighted by Crippen LogP contribution is -2.38. The third kappa shape index (κ3) is 3.78. The minimum absolute atomic E-state index is 0.00879. The number of hydrogen-bond acceptors (Lipinski definition) is 4. The average Bonchev–Trinajstić information content (AvgIpc) is 2.28. The van der Waals surface area contributed by atoms with Crippen molar-refractivity contribution in [2.45, 2.75) is 13.0 Å². The van der Waals surface area contributed by atoms with E-state index in [2.05, 4.69) is 5.32 Å². The van der Waals surface area contributed by atoms with Crippen molar-refractivity contribution in [2.75, 3.05) is 13.2 Å². The smallest absolute Gasteiger partial charge is 0.258 e. The summed E-state index contributed by atoms with van der Waals surface area (Å²) in [4.78, 5) is 11.3. The molecule has 5 heteroatoms. The van der Waals surface area contributed by atoms with E-state index >= 15 is 0 Å². The zero-order valence-electron chi connectivity index (χ0n) is 9.01. The molecule has 5 nitrogen and oxygen atoms in total. The van der Waals surface area contributed by atoms with Gasteiger partial charge in [0, 0.05) is 6.04 Å². The van der Waals surface area contributed by atoms with Crippen molar-refractivity contribution >= 4 is 5.91 Å². The number of nitrogens with one attached hydrogen (secondary N) is 1. The molecule has 88 valence electrons. The molecule has 0 heterocycles. The molecule has 16 heavy (non-hydrogen) atoms. The van der Waals surface area contributed by atoms with Crippen molar-refractivity contribution in [3.05, 3.63) is 24.3 Å². The molecule has 0 aliphatic carbocycles. The van der Waals surface area contributed by atoms with Gasteiger partial charge in [-0.05, 0) is 19.1 Å². The number of carbonyl (C=O) groups excluding carboxylic acids is 1. The van der Waals surface area contributed by atoms with Gasteiger partial charge in [-0.1, -0.05) is 12.1 Å². The molecule has 0 aliphatic rings. The number of aliphatic hydroxyl groups excluding tert-OH is 1. The van der Waals surface area contributed by atoms with Gasteiger partial charge < -0.3 is 20.3 Å². The largest absolute Gasteiger partial charge is 0.504 e. The van der Waals surface area contributed by atoms with Gasteiger partial charge in [-0.2, -0.15) is 0 Å². The molecule has 0 fully saturated rings. The van der Waals surface area contributed by atoms with Crippen LogP contribution in [-0.4, -0.2) is 35.4 Å². The van der Waals surface area contributed by atoms with Crippen LogP contribution in [-0.2, 0) is 4.79 Å². The van der Waals surface area contributed by atoms with Gasteiger partial charge in [-0.25, -0.2) is 0 Å². The fraction of sp³-hybridized carbons (Fsp3) is 0.364. The van der Waals surface area contributed by atoms with E-state index in [0.29, 0.717) is 0 Å². The molecule has 3 N–H and O–H groups in total. The number of ether oxygens (including phenoxy) is 1. The molecule has 0 aromatic heterocycles. The first-order valence-electron chi connectivity index (χ1n) is 4.94. The molecule has 0 bridgehead atoms. The highest BCUT2D eigenvalue weighted by atomic mass is 16.5. The minimum atomic E-state index is -0.343. The summed E-state index contributed by atoms with van der Waals surface area (Å²) in [6.07, 6.45) is 0. The van der Waals surface area contributed by atoms with Crippen molar-refractivity contribution < 1.29 is 19.7 Å². The molecule has 0 saturated carbocycles. The Morgan fingerprint density at radius 3 is 2.81 bits per heavy atom. The number of phenols is 1. The molecule has 1 amide bonds. The Balaban J connectivity index is 2.40. The van der Waals surface area contributed by atoms with Gasteiger partial charge in [-0.3, -0.25) is 4.79 Å². The van der Waals surface area contributed by atoms with E-state index in [4.69, 9.17) is 9.84 Å². The van der Waals surface area contributed by atoms with Crippen LogP contribution in [0.25, 0.3) is 0 Å². The average molecular weight is 225 g/mol. The predicted octanol–water partition coefficient (Wildman–Crippen LogP) is 0.268. The Morgan fingerprint density at radius 2 is 2.19 bits per heavy atom. The second-order valence-corrected chi connectivity index (χ2v) is 3.41. The summed E-state index contributed by atoms with van der Waals surface area (Å²) in [5, 5.41) is 20.6. The highest BCUT2D eigenvalue weighted by Crippen LogP contribution is 2.23. The molecule has 1 atom stereocenters. The third-order valence-electron chi connectivity index (χ3n) is 1.91. The molecule has 1 aromatic carbocycles. The molecule has 0 spiro atoms. The molecular formula is C11H15NO4. The van der Waals surface area contributed by atoms with E-state index < -0.39 is 0 Å². The molecular weight excluding hydrogens is 210 g/mol. The van der Waals surface area contributed by atoms with Crippen LogP contribution in [0, 0.1) is 0 Å². The standard InChI is InChI=1S/C11H15NO4/c1-8(6-13)12-11(15)7-16-10-5-3-2-4-9(10)14/h2-5,8,13-14H,6-7H2,1H3,(H,12,15)/t8-/m1/s1. The summed E-state index contributed by atoms with van der Waals surface area (Å²) in [6.45, 7) is 1.36. The van der Waals surface area contributed by atoms with Gasteiger partial charge in [0.2, 0.25) is 0 Å². The highest BCUT2D eigenvalue weighted by molar-refractivity contribution is 5.77. The second kappa shape index (κ2) is 5.97. The van der Waals surface area contributed by atoms with Crippen LogP contribution in [0.1, 0.15) is 6.92 Å². The normalized spacial score (nSPS) is 11.9. The SMILES string of the molecule is C[C@H](CO)NC(=O)COc1ccccc1O. The Labute approximate surface area is 93.7 Å². The summed E-state index contributed by atoms with van der Waals surface area (Å²) in [7, 11) is 0. The molecule has 1 aromatic rings. The number of aliphatic hydroxyl groups is 1. The lowest BCUT2D eigenvalue weighted by molar-refractivity contribution is -0.124. The molecule has 1 rings (SSSR count). The maximum atomic E-state index is 11.3. The number of aromatic hydroxyl groups is 1. The van der Waals surface area contributed by atoms with Gasteiger partial charge in [0.1, 0.15) is 0 Å². The van der Waals surface area contributed by atoms with Crippen LogP contribution in [0.15, 0.2) is 24.3 Å². The van der Waals surface area contributed by atoms with Crippen LogP contribution in [0.3, 0.4) is 0 Å². The summed E-state index contributed by atoms with van der Waals surface area (Å²) < 4.78 is 5.10. The van der Waals surface area contributed by atoms with E-state index in [9.17, 15) is 9.90 Å². The Kier molecular flexibility index (Phi) is 4.60. The molecule has 0 aliphatic heterocycles. The van der Waals surface area contributed by atoms with Crippen molar-refractivity contribution in [2.24, 2.45) is 0 Å². The number of carbonyl (C=O) groups is 1. The summed E-state index contributed by atoms with van der Waals surface area (Å²) in [5.41, 5.74) is 0. The third-order valence-corrected chi connectivity index (χ3v) is 1.91. The second-order valence-electron chi connectivity index (χ2n) is 3.41. The number of amides is 1. The summed E-state index contributed by atoms with van der Waals surface area (Å²) in [6, 6.07) is 6.10. The van der Waals surface area contributed by atoms with Gasteiger partial charge in [0.05, 0.1) is 6.61 Å². The number of benzene rings is 1. The summed E-state index contributed by atoms with van der Waals surface area (Å²) >= 11 is 0. The van der Waals surface area contributed by atoms with Gasteiger partial charge in [-0.15, -0.1) is 0 Å². The maximum Gasteiger partial charge on any atom is 0.258 e. The Morgan fingerprint density at radius 1 is 1.50 bits per heavy atom. The van der Waals surface area contributed by atoms with E-state index in [1.807, 2.05) is 0 Å². The zero-order chi connectivity index (χ0) is 12.0. The Bertz CT molecular complexity index is 354. The number of rotatable bonds is 5. The van der Waals surface area contributed by atoms with Crippen LogP contribution in [0.2, 0.25) is 0 Å².